The number of hydrogen-bond acceptors (Lipinski definition) is 1. The maximum Gasteiger partial charge on any atom is 0.128 e. The Hall–Kier alpha value is -2.38. The van der Waals surface area contributed by atoms with Crippen LogP contribution in [0.25, 0.3) is 0 Å². The lowest BCUT2D eigenvalue weighted by Crippen LogP contribution is -2.14. The summed E-state index contributed by atoms with van der Waals surface area (Å²) in [4.78, 5) is 0. The van der Waals surface area contributed by atoms with Crippen LogP contribution in [0.15, 0.2) is 91.0 Å². The minimum atomic E-state index is -0.232. The third-order valence-electron chi connectivity index (χ3n) is 4.37. The molecule has 0 N–H and O–H groups in total. The van der Waals surface area contributed by atoms with Gasteiger partial charge in [0.15, 0.2) is 0 Å². The zero-order valence-corrected chi connectivity index (χ0v) is 12.4. The van der Waals surface area contributed by atoms with Crippen molar-refractivity contribution in [2.24, 2.45) is 0 Å². The van der Waals surface area contributed by atoms with Gasteiger partial charge in [-0.15, -0.1) is 0 Å². The Bertz CT molecular complexity index is 737. The number of ether oxygens (including phenoxy) is 1. The van der Waals surface area contributed by atoms with Crippen LogP contribution in [0.2, 0.25) is 0 Å². The molecule has 22 heavy (non-hydrogen) atoms. The molecule has 0 amide bonds. The quantitative estimate of drug-likeness (QED) is 0.622. The first kappa shape index (κ1) is 13.3. The normalized spacial score (nSPS) is 23.2. The fourth-order valence-electron chi connectivity index (χ4n) is 3.22. The van der Waals surface area contributed by atoms with E-state index in [1.54, 1.807) is 0 Å². The fraction of sp³-hybridized carbons (Fsp3) is 0.143. The summed E-state index contributed by atoms with van der Waals surface area (Å²) >= 11 is 0. The molecule has 1 aliphatic heterocycles. The van der Waals surface area contributed by atoms with Crippen LogP contribution in [0.5, 0.6) is 0 Å². The molecule has 1 fully saturated rings. The van der Waals surface area contributed by atoms with Gasteiger partial charge in [-0.1, -0.05) is 91.0 Å². The van der Waals surface area contributed by atoms with Gasteiger partial charge >= 0.3 is 0 Å². The van der Waals surface area contributed by atoms with E-state index in [2.05, 4.69) is 84.9 Å². The highest BCUT2D eigenvalue weighted by atomic mass is 16.6. The van der Waals surface area contributed by atoms with Crippen molar-refractivity contribution in [3.05, 3.63) is 108 Å². The first-order valence-corrected chi connectivity index (χ1v) is 7.71. The Labute approximate surface area is 131 Å². The molecule has 0 unspecified atom stereocenters. The number of rotatable bonds is 4. The highest BCUT2D eigenvalue weighted by Crippen LogP contribution is 2.58. The van der Waals surface area contributed by atoms with Gasteiger partial charge < -0.3 is 4.74 Å². The molecule has 108 valence electrons. The topological polar surface area (TPSA) is 12.5 Å². The molecule has 1 heteroatoms. The van der Waals surface area contributed by atoms with E-state index >= 15 is 0 Å². The van der Waals surface area contributed by atoms with Crippen molar-refractivity contribution < 1.29 is 4.74 Å². The Morgan fingerprint density at radius 3 is 1.86 bits per heavy atom. The Kier molecular flexibility index (Phi) is 3.28. The van der Waals surface area contributed by atoms with E-state index < -0.39 is 0 Å². The second kappa shape index (κ2) is 5.43. The summed E-state index contributed by atoms with van der Waals surface area (Å²) in [7, 11) is 0. The standard InChI is InChI=1S/C21H18O/c1-4-10-17(11-5-1)16-21(19-14-8-3-9-15-19)20(22-21)18-12-6-2-7-13-18/h1-15,20H,16H2/t20-,21+/m1/s1. The van der Waals surface area contributed by atoms with E-state index in [0.717, 1.165) is 6.42 Å². The van der Waals surface area contributed by atoms with Gasteiger partial charge in [0.2, 0.25) is 0 Å². The van der Waals surface area contributed by atoms with Gasteiger partial charge in [0.1, 0.15) is 11.7 Å². The lowest BCUT2D eigenvalue weighted by Gasteiger charge is -2.14. The predicted molar refractivity (Wildman–Crippen MR) is 88.5 cm³/mol. The van der Waals surface area contributed by atoms with Crippen LogP contribution in [-0.4, -0.2) is 0 Å². The summed E-state index contributed by atoms with van der Waals surface area (Å²) in [5.74, 6) is 0. The monoisotopic (exact) mass is 286 g/mol. The Morgan fingerprint density at radius 1 is 0.682 bits per heavy atom. The SMILES string of the molecule is c1ccc(C[C@@]2(c3ccccc3)O[C@@H]2c2ccccc2)cc1. The molecule has 1 saturated heterocycles. The molecule has 3 aromatic carbocycles. The molecule has 0 aromatic heterocycles. The molecule has 0 bridgehead atoms. The first-order valence-electron chi connectivity index (χ1n) is 7.71. The Morgan fingerprint density at radius 2 is 1.23 bits per heavy atom. The largest absolute Gasteiger partial charge is 0.355 e. The van der Waals surface area contributed by atoms with Gasteiger partial charge in [0.05, 0.1) is 0 Å². The van der Waals surface area contributed by atoms with Gasteiger partial charge in [-0.05, 0) is 16.7 Å². The summed E-state index contributed by atoms with van der Waals surface area (Å²) in [6.07, 6.45) is 1.04. The van der Waals surface area contributed by atoms with E-state index in [-0.39, 0.29) is 11.7 Å². The molecule has 0 aliphatic carbocycles. The number of epoxide rings is 1. The maximum absolute atomic E-state index is 6.28. The van der Waals surface area contributed by atoms with Crippen LogP contribution in [-0.2, 0) is 16.8 Å². The van der Waals surface area contributed by atoms with Crippen molar-refractivity contribution in [3.63, 3.8) is 0 Å². The molecule has 0 spiro atoms. The molecule has 1 nitrogen and oxygen atoms in total. The lowest BCUT2D eigenvalue weighted by atomic mass is 9.86. The zero-order valence-electron chi connectivity index (χ0n) is 12.4. The van der Waals surface area contributed by atoms with E-state index in [4.69, 9.17) is 4.74 Å². The lowest BCUT2D eigenvalue weighted by molar-refractivity contribution is 0.295. The Balaban J connectivity index is 1.72. The summed E-state index contributed by atoms with van der Waals surface area (Å²) < 4.78 is 6.28. The molecular formula is C21H18O. The molecule has 1 heterocycles. The van der Waals surface area contributed by atoms with Crippen LogP contribution < -0.4 is 0 Å². The van der Waals surface area contributed by atoms with Crippen LogP contribution in [0.1, 0.15) is 22.8 Å². The van der Waals surface area contributed by atoms with Crippen molar-refractivity contribution in [1.29, 1.82) is 0 Å². The molecular weight excluding hydrogens is 268 g/mol. The van der Waals surface area contributed by atoms with Crippen LogP contribution in [0.3, 0.4) is 0 Å². The van der Waals surface area contributed by atoms with Crippen molar-refractivity contribution in [2.45, 2.75) is 18.1 Å². The zero-order chi connectivity index (χ0) is 14.8. The van der Waals surface area contributed by atoms with Crippen LogP contribution in [0.4, 0.5) is 0 Å². The van der Waals surface area contributed by atoms with Crippen LogP contribution >= 0.6 is 0 Å². The highest BCUT2D eigenvalue weighted by molar-refractivity contribution is 5.38. The maximum atomic E-state index is 6.28. The summed E-state index contributed by atoms with van der Waals surface area (Å²) in [5, 5.41) is 0. The van der Waals surface area contributed by atoms with Crippen molar-refractivity contribution in [1.82, 2.24) is 0 Å². The molecule has 1 aliphatic rings. The predicted octanol–water partition coefficient (Wildman–Crippen LogP) is 4.90. The van der Waals surface area contributed by atoms with E-state index in [0.29, 0.717) is 0 Å². The minimum absolute atomic E-state index is 0.135. The number of benzene rings is 3. The van der Waals surface area contributed by atoms with Crippen LogP contribution in [0, 0.1) is 0 Å². The van der Waals surface area contributed by atoms with Gasteiger partial charge in [-0.25, -0.2) is 0 Å². The van der Waals surface area contributed by atoms with Crippen molar-refractivity contribution in [2.75, 3.05) is 0 Å². The fourth-order valence-corrected chi connectivity index (χ4v) is 3.22. The van der Waals surface area contributed by atoms with E-state index in [1.807, 2.05) is 6.07 Å². The van der Waals surface area contributed by atoms with Gasteiger partial charge in [-0.2, -0.15) is 0 Å². The second-order valence-electron chi connectivity index (χ2n) is 5.83. The molecule has 0 saturated carbocycles. The minimum Gasteiger partial charge on any atom is -0.355 e. The average Bonchev–Trinajstić information content (AvgIpc) is 3.33. The molecule has 4 rings (SSSR count). The first-order chi connectivity index (χ1) is 10.9. The smallest absolute Gasteiger partial charge is 0.128 e. The van der Waals surface area contributed by atoms with Gasteiger partial charge in [0.25, 0.3) is 0 Å². The molecule has 0 radical (unpaired) electrons. The van der Waals surface area contributed by atoms with Gasteiger partial charge in [0, 0.05) is 6.42 Å². The third-order valence-corrected chi connectivity index (χ3v) is 4.37. The molecule has 3 aromatic rings. The van der Waals surface area contributed by atoms with Crippen molar-refractivity contribution >= 4 is 0 Å². The second-order valence-corrected chi connectivity index (χ2v) is 5.83. The summed E-state index contributed by atoms with van der Waals surface area (Å²) in [6.45, 7) is 0. The highest BCUT2D eigenvalue weighted by Gasteiger charge is 2.58. The van der Waals surface area contributed by atoms with Crippen molar-refractivity contribution in [3.8, 4) is 0 Å². The third kappa shape index (κ3) is 2.34. The molecule has 2 atom stereocenters. The summed E-state index contributed by atoms with van der Waals surface area (Å²) in [6, 6.07) is 31.7. The summed E-state index contributed by atoms with van der Waals surface area (Å²) in [5.41, 5.74) is 3.59. The number of hydrogen-bond donors (Lipinski definition) is 0. The van der Waals surface area contributed by atoms with E-state index in [1.165, 1.54) is 16.7 Å². The van der Waals surface area contributed by atoms with E-state index in [9.17, 15) is 0 Å². The van der Waals surface area contributed by atoms with Gasteiger partial charge in [-0.3, -0.25) is 0 Å². The average molecular weight is 286 g/mol.